The molecule has 0 aromatic rings. The number of hydrogen-bond acceptors (Lipinski definition) is 4. The van der Waals surface area contributed by atoms with Crippen molar-refractivity contribution in [3.8, 4) is 0 Å². The Balaban J connectivity index is 3.31. The first-order chi connectivity index (χ1) is 4.72. The van der Waals surface area contributed by atoms with Crippen molar-refractivity contribution < 1.29 is 15.3 Å². The minimum atomic E-state index is -1.02. The van der Waals surface area contributed by atoms with E-state index in [2.05, 4.69) is 0 Å². The van der Waals surface area contributed by atoms with Crippen LogP contribution in [-0.2, 0) is 0 Å². The Labute approximate surface area is 60.3 Å². The Kier molecular flexibility index (Phi) is 5.52. The Morgan fingerprint density at radius 1 is 1.20 bits per heavy atom. The Bertz CT molecular complexity index is 79.4. The number of nitrogens with two attached hydrogens (primary N) is 1. The molecule has 0 unspecified atom stereocenters. The Morgan fingerprint density at radius 2 is 1.80 bits per heavy atom. The Hall–Kier alpha value is -0.160. The molecule has 0 saturated heterocycles. The number of hydrogen-bond donors (Lipinski definition) is 4. The molecular weight excluding hydrogens is 134 g/mol. The van der Waals surface area contributed by atoms with Crippen LogP contribution in [0.2, 0.25) is 0 Å². The van der Waals surface area contributed by atoms with Gasteiger partial charge in [0.1, 0.15) is 6.10 Å². The van der Waals surface area contributed by atoms with E-state index in [0.29, 0.717) is 19.4 Å². The highest BCUT2D eigenvalue weighted by molar-refractivity contribution is 4.65. The summed E-state index contributed by atoms with van der Waals surface area (Å²) >= 11 is 0. The van der Waals surface area contributed by atoms with Crippen LogP contribution in [0, 0.1) is 0 Å². The average molecular weight is 149 g/mol. The van der Waals surface area contributed by atoms with Crippen molar-refractivity contribution in [2.24, 2.45) is 5.73 Å². The van der Waals surface area contributed by atoms with Gasteiger partial charge in [0.25, 0.3) is 0 Å². The van der Waals surface area contributed by atoms with Gasteiger partial charge in [-0.05, 0) is 19.4 Å². The van der Waals surface area contributed by atoms with Crippen LogP contribution >= 0.6 is 0 Å². The van der Waals surface area contributed by atoms with E-state index in [4.69, 9.17) is 21.1 Å². The van der Waals surface area contributed by atoms with Gasteiger partial charge in [-0.15, -0.1) is 0 Å². The maximum Gasteiger partial charge on any atom is 0.103 e. The molecule has 4 nitrogen and oxygen atoms in total. The molecule has 0 amide bonds. The van der Waals surface area contributed by atoms with Crippen molar-refractivity contribution in [3.05, 3.63) is 0 Å². The molecule has 0 aliphatic heterocycles. The molecule has 0 aromatic carbocycles. The molecule has 0 rings (SSSR count). The fraction of sp³-hybridized carbons (Fsp3) is 1.00. The predicted molar refractivity (Wildman–Crippen MR) is 37.4 cm³/mol. The minimum absolute atomic E-state index is 0.397. The first-order valence-electron chi connectivity index (χ1n) is 3.39. The summed E-state index contributed by atoms with van der Waals surface area (Å²) in [5, 5.41) is 26.2. The van der Waals surface area contributed by atoms with Crippen LogP contribution in [0.5, 0.6) is 0 Å². The summed E-state index contributed by atoms with van der Waals surface area (Å²) in [5.41, 5.74) is 5.16. The molecule has 0 bridgehead atoms. The fourth-order valence-corrected chi connectivity index (χ4v) is 0.641. The van der Waals surface area contributed by atoms with Crippen molar-refractivity contribution in [2.75, 3.05) is 13.2 Å². The first kappa shape index (κ1) is 9.84. The second-order valence-electron chi connectivity index (χ2n) is 2.25. The van der Waals surface area contributed by atoms with Crippen molar-refractivity contribution in [1.29, 1.82) is 0 Å². The third-order valence-electron chi connectivity index (χ3n) is 1.34. The van der Waals surface area contributed by atoms with Crippen LogP contribution in [0.3, 0.4) is 0 Å². The molecule has 2 atom stereocenters. The molecule has 0 aliphatic rings. The maximum atomic E-state index is 8.98. The lowest BCUT2D eigenvalue weighted by Crippen LogP contribution is -2.29. The van der Waals surface area contributed by atoms with Crippen molar-refractivity contribution in [2.45, 2.75) is 25.0 Å². The minimum Gasteiger partial charge on any atom is -0.394 e. The number of rotatable bonds is 5. The summed E-state index contributed by atoms with van der Waals surface area (Å²) in [6, 6.07) is 0. The van der Waals surface area contributed by atoms with E-state index in [-0.39, 0.29) is 0 Å². The SMILES string of the molecule is NCCC[C@H](O)[C@H](O)CO. The molecule has 0 aliphatic carbocycles. The molecule has 4 heteroatoms. The molecule has 0 aromatic heterocycles. The normalized spacial score (nSPS) is 16.8. The maximum absolute atomic E-state index is 8.98. The third-order valence-corrected chi connectivity index (χ3v) is 1.34. The van der Waals surface area contributed by atoms with E-state index in [1.54, 1.807) is 0 Å². The van der Waals surface area contributed by atoms with Crippen LogP contribution in [-0.4, -0.2) is 40.7 Å². The lowest BCUT2D eigenvalue weighted by atomic mass is 10.1. The number of aliphatic hydroxyl groups excluding tert-OH is 3. The molecule has 0 radical (unpaired) electrons. The largest absolute Gasteiger partial charge is 0.394 e. The van der Waals surface area contributed by atoms with Crippen molar-refractivity contribution in [1.82, 2.24) is 0 Å². The van der Waals surface area contributed by atoms with Crippen LogP contribution in [0.25, 0.3) is 0 Å². The zero-order chi connectivity index (χ0) is 7.98. The quantitative estimate of drug-likeness (QED) is 0.381. The van der Waals surface area contributed by atoms with Crippen molar-refractivity contribution >= 4 is 0 Å². The van der Waals surface area contributed by atoms with E-state index in [1.165, 1.54) is 0 Å². The lowest BCUT2D eigenvalue weighted by Gasteiger charge is -2.14. The van der Waals surface area contributed by atoms with Crippen LogP contribution < -0.4 is 5.73 Å². The van der Waals surface area contributed by atoms with Gasteiger partial charge in [-0.3, -0.25) is 0 Å². The lowest BCUT2D eigenvalue weighted by molar-refractivity contribution is -0.0180. The summed E-state index contributed by atoms with van der Waals surface area (Å²) in [6.07, 6.45) is -0.753. The van der Waals surface area contributed by atoms with Gasteiger partial charge >= 0.3 is 0 Å². The standard InChI is InChI=1S/C6H15NO3/c7-3-1-2-5(9)6(10)4-8/h5-6,8-10H,1-4,7H2/t5-,6+/m0/s1. The van der Waals surface area contributed by atoms with Crippen LogP contribution in [0.1, 0.15) is 12.8 Å². The molecule has 10 heavy (non-hydrogen) atoms. The smallest absolute Gasteiger partial charge is 0.103 e. The zero-order valence-electron chi connectivity index (χ0n) is 5.90. The summed E-state index contributed by atoms with van der Waals surface area (Å²) < 4.78 is 0. The zero-order valence-corrected chi connectivity index (χ0v) is 5.90. The van der Waals surface area contributed by atoms with Crippen molar-refractivity contribution in [3.63, 3.8) is 0 Å². The first-order valence-corrected chi connectivity index (χ1v) is 3.39. The molecule has 0 saturated carbocycles. The van der Waals surface area contributed by atoms with Gasteiger partial charge in [0, 0.05) is 0 Å². The topological polar surface area (TPSA) is 86.7 Å². The van der Waals surface area contributed by atoms with E-state index in [1.807, 2.05) is 0 Å². The van der Waals surface area contributed by atoms with Gasteiger partial charge in [-0.1, -0.05) is 0 Å². The van der Waals surface area contributed by atoms with Gasteiger partial charge in [0.05, 0.1) is 12.7 Å². The van der Waals surface area contributed by atoms with E-state index < -0.39 is 18.8 Å². The highest BCUT2D eigenvalue weighted by atomic mass is 16.4. The van der Waals surface area contributed by atoms with Gasteiger partial charge < -0.3 is 21.1 Å². The molecular formula is C6H15NO3. The predicted octanol–water partition coefficient (Wildman–Crippen LogP) is -1.56. The average Bonchev–Trinajstić information content (AvgIpc) is 1.98. The second-order valence-corrected chi connectivity index (χ2v) is 2.25. The van der Waals surface area contributed by atoms with Gasteiger partial charge in [-0.2, -0.15) is 0 Å². The van der Waals surface area contributed by atoms with Gasteiger partial charge in [-0.25, -0.2) is 0 Å². The highest BCUT2D eigenvalue weighted by Crippen LogP contribution is 2.00. The molecule has 62 valence electrons. The Morgan fingerprint density at radius 3 is 2.20 bits per heavy atom. The molecule has 5 N–H and O–H groups in total. The number of aliphatic hydroxyl groups is 3. The van der Waals surface area contributed by atoms with Gasteiger partial charge in [0.2, 0.25) is 0 Å². The molecule has 0 fully saturated rings. The fourth-order valence-electron chi connectivity index (χ4n) is 0.641. The summed E-state index contributed by atoms with van der Waals surface area (Å²) in [5.74, 6) is 0. The van der Waals surface area contributed by atoms with E-state index in [9.17, 15) is 0 Å². The second kappa shape index (κ2) is 5.61. The monoisotopic (exact) mass is 149 g/mol. The van der Waals surface area contributed by atoms with Crippen LogP contribution in [0.4, 0.5) is 0 Å². The van der Waals surface area contributed by atoms with E-state index in [0.717, 1.165) is 0 Å². The van der Waals surface area contributed by atoms with Gasteiger partial charge in [0.15, 0.2) is 0 Å². The summed E-state index contributed by atoms with van der Waals surface area (Å²) in [7, 11) is 0. The third kappa shape index (κ3) is 3.79. The summed E-state index contributed by atoms with van der Waals surface area (Å²) in [4.78, 5) is 0. The highest BCUT2D eigenvalue weighted by Gasteiger charge is 2.13. The molecule has 0 spiro atoms. The summed E-state index contributed by atoms with van der Waals surface area (Å²) in [6.45, 7) is 0.0982. The molecule has 0 heterocycles. The van der Waals surface area contributed by atoms with Crippen LogP contribution in [0.15, 0.2) is 0 Å². The van der Waals surface area contributed by atoms with E-state index >= 15 is 0 Å².